The Morgan fingerprint density at radius 3 is 2.24 bits per heavy atom. The molecule has 0 heterocycles. The van der Waals surface area contributed by atoms with E-state index in [0.29, 0.717) is 5.41 Å². The largest absolute Gasteiger partial charge is 0.352 e. The lowest BCUT2D eigenvalue weighted by Gasteiger charge is -2.24. The molecule has 0 fully saturated rings. The summed E-state index contributed by atoms with van der Waals surface area (Å²) in [6.07, 6.45) is 3.04. The van der Waals surface area contributed by atoms with Crippen LogP contribution in [-0.2, 0) is 4.79 Å². The molecule has 0 bridgehead atoms. The number of carbonyl (C=O) groups excluding carboxylic acids is 1. The topological polar surface area (TPSA) is 55.1 Å². The van der Waals surface area contributed by atoms with Crippen LogP contribution in [0.25, 0.3) is 0 Å². The Kier molecular flexibility index (Phi) is 6.76. The van der Waals surface area contributed by atoms with Crippen molar-refractivity contribution < 1.29 is 4.79 Å². The maximum absolute atomic E-state index is 11.8. The fraction of sp³-hybridized carbons (Fsp3) is 0.929. The predicted molar refractivity (Wildman–Crippen MR) is 73.7 cm³/mol. The highest BCUT2D eigenvalue weighted by molar-refractivity contribution is 5.82. The molecule has 17 heavy (non-hydrogen) atoms. The van der Waals surface area contributed by atoms with Crippen molar-refractivity contribution >= 4 is 5.91 Å². The van der Waals surface area contributed by atoms with E-state index < -0.39 is 0 Å². The van der Waals surface area contributed by atoms with Gasteiger partial charge >= 0.3 is 0 Å². The highest BCUT2D eigenvalue weighted by atomic mass is 16.2. The summed E-state index contributed by atoms with van der Waals surface area (Å²) in [7, 11) is 0. The van der Waals surface area contributed by atoms with Crippen LogP contribution in [0.3, 0.4) is 0 Å². The van der Waals surface area contributed by atoms with E-state index in [1.807, 2.05) is 13.8 Å². The van der Waals surface area contributed by atoms with Crippen LogP contribution in [0.1, 0.15) is 60.8 Å². The second-order valence-electron chi connectivity index (χ2n) is 6.42. The lowest BCUT2D eigenvalue weighted by Crippen LogP contribution is -2.47. The van der Waals surface area contributed by atoms with Crippen molar-refractivity contribution in [1.82, 2.24) is 5.32 Å². The summed E-state index contributed by atoms with van der Waals surface area (Å²) >= 11 is 0. The molecular weight excluding hydrogens is 212 g/mol. The number of hydrogen-bond donors (Lipinski definition) is 2. The number of carbonyl (C=O) groups is 1. The zero-order valence-electron chi connectivity index (χ0n) is 12.3. The van der Waals surface area contributed by atoms with Gasteiger partial charge in [0.1, 0.15) is 0 Å². The third kappa shape index (κ3) is 7.37. The van der Waals surface area contributed by atoms with Crippen LogP contribution in [0.2, 0.25) is 0 Å². The Labute approximate surface area is 107 Å². The number of hydrogen-bond acceptors (Lipinski definition) is 2. The van der Waals surface area contributed by atoms with Gasteiger partial charge in [0.05, 0.1) is 6.04 Å². The summed E-state index contributed by atoms with van der Waals surface area (Å²) in [6, 6.07) is -0.172. The second kappa shape index (κ2) is 7.00. The van der Waals surface area contributed by atoms with E-state index in [1.165, 1.54) is 0 Å². The maximum atomic E-state index is 11.8. The summed E-state index contributed by atoms with van der Waals surface area (Å²) in [5.41, 5.74) is 6.21. The zero-order valence-corrected chi connectivity index (χ0v) is 12.3. The van der Waals surface area contributed by atoms with Crippen LogP contribution >= 0.6 is 0 Å². The van der Waals surface area contributed by atoms with E-state index >= 15 is 0 Å². The normalized spacial score (nSPS) is 17.4. The Bertz CT molecular complexity index is 233. The molecule has 102 valence electrons. The molecule has 3 atom stereocenters. The van der Waals surface area contributed by atoms with Gasteiger partial charge in [-0.25, -0.2) is 0 Å². The van der Waals surface area contributed by atoms with E-state index in [-0.39, 0.29) is 23.9 Å². The fourth-order valence-electron chi connectivity index (χ4n) is 1.57. The molecule has 0 aromatic carbocycles. The van der Waals surface area contributed by atoms with Crippen LogP contribution in [0.5, 0.6) is 0 Å². The van der Waals surface area contributed by atoms with Crippen molar-refractivity contribution in [3.05, 3.63) is 0 Å². The van der Waals surface area contributed by atoms with Crippen LogP contribution < -0.4 is 11.1 Å². The first-order chi connectivity index (χ1) is 7.67. The zero-order chi connectivity index (χ0) is 13.6. The summed E-state index contributed by atoms with van der Waals surface area (Å²) in [5, 5.41) is 3.00. The van der Waals surface area contributed by atoms with Gasteiger partial charge in [0.15, 0.2) is 0 Å². The Morgan fingerprint density at radius 2 is 1.82 bits per heavy atom. The number of nitrogens with two attached hydrogens (primary N) is 1. The van der Waals surface area contributed by atoms with Crippen molar-refractivity contribution in [2.24, 2.45) is 17.1 Å². The molecule has 3 heteroatoms. The average Bonchev–Trinajstić information content (AvgIpc) is 2.23. The molecule has 0 aliphatic rings. The second-order valence-corrected chi connectivity index (χ2v) is 6.42. The third-order valence-electron chi connectivity index (χ3n) is 3.28. The predicted octanol–water partition coefficient (Wildman–Crippen LogP) is 2.69. The molecular formula is C14H30N2O. The SMILES string of the molecule is CCC(C)C(N)C(=O)NC(C)CCC(C)(C)C. The van der Waals surface area contributed by atoms with Crippen molar-refractivity contribution in [2.45, 2.75) is 72.9 Å². The van der Waals surface area contributed by atoms with Crippen molar-refractivity contribution in [3.8, 4) is 0 Å². The molecule has 0 rings (SSSR count). The summed E-state index contributed by atoms with van der Waals surface area (Å²) < 4.78 is 0. The van der Waals surface area contributed by atoms with E-state index in [4.69, 9.17) is 5.73 Å². The van der Waals surface area contributed by atoms with Crippen molar-refractivity contribution in [1.29, 1.82) is 0 Å². The minimum absolute atomic E-state index is 0.0132. The van der Waals surface area contributed by atoms with Gasteiger partial charge in [-0.1, -0.05) is 41.0 Å². The minimum Gasteiger partial charge on any atom is -0.352 e. The maximum Gasteiger partial charge on any atom is 0.237 e. The molecule has 0 saturated carbocycles. The van der Waals surface area contributed by atoms with E-state index in [0.717, 1.165) is 19.3 Å². The van der Waals surface area contributed by atoms with E-state index in [2.05, 4.69) is 33.0 Å². The van der Waals surface area contributed by atoms with Gasteiger partial charge < -0.3 is 11.1 Å². The van der Waals surface area contributed by atoms with E-state index in [1.54, 1.807) is 0 Å². The third-order valence-corrected chi connectivity index (χ3v) is 3.28. The first kappa shape index (κ1) is 16.4. The van der Waals surface area contributed by atoms with Gasteiger partial charge in [-0.05, 0) is 31.1 Å². The minimum atomic E-state index is -0.378. The Hall–Kier alpha value is -0.570. The van der Waals surface area contributed by atoms with Gasteiger partial charge in [-0.15, -0.1) is 0 Å². The molecule has 0 saturated heterocycles. The summed E-state index contributed by atoms with van der Waals surface area (Å²) in [5.74, 6) is 0.227. The van der Waals surface area contributed by atoms with Crippen LogP contribution in [0, 0.1) is 11.3 Å². The highest BCUT2D eigenvalue weighted by Gasteiger charge is 2.21. The van der Waals surface area contributed by atoms with Gasteiger partial charge in [-0.2, -0.15) is 0 Å². The highest BCUT2D eigenvalue weighted by Crippen LogP contribution is 2.21. The first-order valence-corrected chi connectivity index (χ1v) is 6.73. The molecule has 0 aromatic heterocycles. The molecule has 3 nitrogen and oxygen atoms in total. The molecule has 1 amide bonds. The van der Waals surface area contributed by atoms with Gasteiger partial charge in [0.25, 0.3) is 0 Å². The lowest BCUT2D eigenvalue weighted by molar-refractivity contribution is -0.124. The van der Waals surface area contributed by atoms with Crippen LogP contribution in [-0.4, -0.2) is 18.0 Å². The lowest BCUT2D eigenvalue weighted by atomic mass is 9.89. The Morgan fingerprint density at radius 1 is 1.29 bits per heavy atom. The smallest absolute Gasteiger partial charge is 0.237 e. The summed E-state index contributed by atoms with van der Waals surface area (Å²) in [6.45, 7) is 12.8. The molecule has 0 aliphatic heterocycles. The first-order valence-electron chi connectivity index (χ1n) is 6.73. The van der Waals surface area contributed by atoms with Gasteiger partial charge in [0, 0.05) is 6.04 Å². The monoisotopic (exact) mass is 242 g/mol. The number of rotatable bonds is 6. The van der Waals surface area contributed by atoms with Crippen molar-refractivity contribution in [2.75, 3.05) is 0 Å². The molecule has 0 aliphatic carbocycles. The average molecular weight is 242 g/mol. The number of amides is 1. The standard InChI is InChI=1S/C14H30N2O/c1-7-10(2)12(15)13(17)16-11(3)8-9-14(4,5)6/h10-12H,7-9,15H2,1-6H3,(H,16,17). The van der Waals surface area contributed by atoms with E-state index in [9.17, 15) is 4.79 Å². The van der Waals surface area contributed by atoms with Gasteiger partial charge in [0.2, 0.25) is 5.91 Å². The van der Waals surface area contributed by atoms with Crippen molar-refractivity contribution in [3.63, 3.8) is 0 Å². The molecule has 3 unspecified atom stereocenters. The fourth-order valence-corrected chi connectivity index (χ4v) is 1.57. The van der Waals surface area contributed by atoms with Crippen LogP contribution in [0.15, 0.2) is 0 Å². The van der Waals surface area contributed by atoms with Gasteiger partial charge in [-0.3, -0.25) is 4.79 Å². The molecule has 0 spiro atoms. The number of nitrogens with one attached hydrogen (secondary N) is 1. The molecule has 0 aromatic rings. The molecule has 0 radical (unpaired) electrons. The Balaban J connectivity index is 4.03. The quantitative estimate of drug-likeness (QED) is 0.752. The molecule has 3 N–H and O–H groups in total. The van der Waals surface area contributed by atoms with Crippen LogP contribution in [0.4, 0.5) is 0 Å². The summed E-state index contributed by atoms with van der Waals surface area (Å²) in [4.78, 5) is 11.8.